The lowest BCUT2D eigenvalue weighted by Gasteiger charge is -2.31. The van der Waals surface area contributed by atoms with Crippen molar-refractivity contribution >= 4 is 12.1 Å². The lowest BCUT2D eigenvalue weighted by atomic mass is 10.0. The standard InChI is InChI=1S/C24H33N3O4/c1-5-31-24(30)26-11-9-20(10-12-26)25-14-21-17(3)27(18(4)22(21)23(28)29)15-19-8-6-7-16(2)13-19/h6-8,13,20,25H,5,9-12,14-15H2,1-4H3,(H,28,29). The molecule has 1 aromatic heterocycles. The third-order valence-electron chi connectivity index (χ3n) is 6.14. The summed E-state index contributed by atoms with van der Waals surface area (Å²) in [6.45, 7) is 10.6. The summed E-state index contributed by atoms with van der Waals surface area (Å²) in [7, 11) is 0. The second-order valence-corrected chi connectivity index (χ2v) is 8.25. The molecule has 0 aliphatic carbocycles. The molecule has 2 heterocycles. The topological polar surface area (TPSA) is 83.8 Å². The quantitative estimate of drug-likeness (QED) is 0.701. The number of carbonyl (C=O) groups excluding carboxylic acids is 1. The predicted octanol–water partition coefficient (Wildman–Crippen LogP) is 3.87. The number of likely N-dealkylation sites (tertiary alicyclic amines) is 1. The van der Waals surface area contributed by atoms with E-state index >= 15 is 0 Å². The van der Waals surface area contributed by atoms with E-state index < -0.39 is 5.97 Å². The Kier molecular flexibility index (Phi) is 7.38. The molecule has 1 aliphatic heterocycles. The molecule has 0 saturated carbocycles. The number of piperidine rings is 1. The Balaban J connectivity index is 1.71. The number of ether oxygens (including phenoxy) is 1. The van der Waals surface area contributed by atoms with Gasteiger partial charge in [-0.15, -0.1) is 0 Å². The Morgan fingerprint density at radius 2 is 1.87 bits per heavy atom. The zero-order valence-electron chi connectivity index (χ0n) is 18.9. The number of carboxylic acid groups (broad SMARTS) is 1. The van der Waals surface area contributed by atoms with Gasteiger partial charge in [-0.1, -0.05) is 29.8 Å². The van der Waals surface area contributed by atoms with Crippen LogP contribution in [0.2, 0.25) is 0 Å². The average molecular weight is 428 g/mol. The summed E-state index contributed by atoms with van der Waals surface area (Å²) < 4.78 is 7.17. The van der Waals surface area contributed by atoms with E-state index in [4.69, 9.17) is 4.74 Å². The molecule has 1 aromatic carbocycles. The lowest BCUT2D eigenvalue weighted by molar-refractivity contribution is 0.0693. The maximum atomic E-state index is 12.0. The van der Waals surface area contributed by atoms with Gasteiger partial charge in [0.2, 0.25) is 0 Å². The van der Waals surface area contributed by atoms with Crippen LogP contribution in [0.3, 0.4) is 0 Å². The van der Waals surface area contributed by atoms with E-state index in [1.54, 1.807) is 4.90 Å². The van der Waals surface area contributed by atoms with Crippen molar-refractivity contribution in [2.24, 2.45) is 0 Å². The summed E-state index contributed by atoms with van der Waals surface area (Å²) in [6.07, 6.45) is 1.39. The Hall–Kier alpha value is -2.80. The molecule has 1 amide bonds. The molecule has 0 unspecified atom stereocenters. The van der Waals surface area contributed by atoms with E-state index in [-0.39, 0.29) is 12.1 Å². The zero-order chi connectivity index (χ0) is 22.5. The van der Waals surface area contributed by atoms with Gasteiger partial charge in [-0.3, -0.25) is 0 Å². The van der Waals surface area contributed by atoms with Crippen LogP contribution >= 0.6 is 0 Å². The molecule has 7 heteroatoms. The summed E-state index contributed by atoms with van der Waals surface area (Å²) in [4.78, 5) is 25.7. The van der Waals surface area contributed by atoms with Crippen molar-refractivity contribution in [2.75, 3.05) is 19.7 Å². The molecular formula is C24H33N3O4. The van der Waals surface area contributed by atoms with Gasteiger partial charge >= 0.3 is 12.1 Å². The number of aromatic carboxylic acids is 1. The average Bonchev–Trinajstić information content (AvgIpc) is 2.97. The first-order chi connectivity index (χ1) is 14.8. The van der Waals surface area contributed by atoms with Crippen molar-refractivity contribution in [3.05, 3.63) is 57.9 Å². The summed E-state index contributed by atoms with van der Waals surface area (Å²) >= 11 is 0. The van der Waals surface area contributed by atoms with E-state index in [0.717, 1.165) is 35.4 Å². The number of nitrogens with one attached hydrogen (secondary N) is 1. The predicted molar refractivity (Wildman–Crippen MR) is 120 cm³/mol. The summed E-state index contributed by atoms with van der Waals surface area (Å²) in [5, 5.41) is 13.4. The molecule has 0 atom stereocenters. The number of carbonyl (C=O) groups is 2. The monoisotopic (exact) mass is 427 g/mol. The Morgan fingerprint density at radius 3 is 2.48 bits per heavy atom. The molecule has 31 heavy (non-hydrogen) atoms. The number of hydrogen-bond acceptors (Lipinski definition) is 4. The van der Waals surface area contributed by atoms with E-state index in [0.29, 0.717) is 38.3 Å². The molecule has 1 saturated heterocycles. The summed E-state index contributed by atoms with van der Waals surface area (Å²) in [5.74, 6) is -0.891. The maximum Gasteiger partial charge on any atom is 0.409 e. The van der Waals surface area contributed by atoms with Crippen LogP contribution in [0.1, 0.15) is 58.2 Å². The number of aromatic nitrogens is 1. The molecule has 2 aromatic rings. The minimum absolute atomic E-state index is 0.243. The highest BCUT2D eigenvalue weighted by molar-refractivity contribution is 5.91. The third-order valence-corrected chi connectivity index (χ3v) is 6.14. The lowest BCUT2D eigenvalue weighted by Crippen LogP contribution is -2.45. The van der Waals surface area contributed by atoms with Crippen molar-refractivity contribution in [3.8, 4) is 0 Å². The van der Waals surface area contributed by atoms with Gasteiger partial charge in [0, 0.05) is 49.2 Å². The second-order valence-electron chi connectivity index (χ2n) is 8.25. The molecule has 1 aliphatic rings. The zero-order valence-corrected chi connectivity index (χ0v) is 18.9. The number of rotatable bonds is 7. The first-order valence-corrected chi connectivity index (χ1v) is 10.9. The number of carboxylic acids is 1. The Labute approximate surface area is 184 Å². The van der Waals surface area contributed by atoms with Crippen molar-refractivity contribution in [1.82, 2.24) is 14.8 Å². The fraction of sp³-hybridized carbons (Fsp3) is 0.500. The largest absolute Gasteiger partial charge is 0.478 e. The van der Waals surface area contributed by atoms with Gasteiger partial charge < -0.3 is 24.6 Å². The molecule has 7 nitrogen and oxygen atoms in total. The first kappa shape index (κ1) is 22.9. The van der Waals surface area contributed by atoms with Crippen LogP contribution in [0.15, 0.2) is 24.3 Å². The molecule has 0 bridgehead atoms. The smallest absolute Gasteiger partial charge is 0.409 e. The van der Waals surface area contributed by atoms with Gasteiger partial charge in [-0.25, -0.2) is 9.59 Å². The minimum atomic E-state index is -0.891. The third kappa shape index (κ3) is 5.28. The van der Waals surface area contributed by atoms with Crippen LogP contribution in [0, 0.1) is 20.8 Å². The number of benzene rings is 1. The van der Waals surface area contributed by atoms with E-state index in [2.05, 4.69) is 35.0 Å². The van der Waals surface area contributed by atoms with E-state index in [1.807, 2.05) is 26.8 Å². The van der Waals surface area contributed by atoms with Gasteiger partial charge in [0.05, 0.1) is 12.2 Å². The fourth-order valence-corrected chi connectivity index (χ4v) is 4.41. The van der Waals surface area contributed by atoms with Gasteiger partial charge in [-0.05, 0) is 46.1 Å². The molecular weight excluding hydrogens is 394 g/mol. The second kappa shape index (κ2) is 10.0. The Bertz CT molecular complexity index is 943. The van der Waals surface area contributed by atoms with Crippen molar-refractivity contribution < 1.29 is 19.4 Å². The fourth-order valence-electron chi connectivity index (χ4n) is 4.41. The molecule has 0 spiro atoms. The number of nitrogens with zero attached hydrogens (tertiary/aromatic N) is 2. The van der Waals surface area contributed by atoms with Crippen molar-refractivity contribution in [1.29, 1.82) is 0 Å². The van der Waals surface area contributed by atoms with Gasteiger partial charge in [0.1, 0.15) is 0 Å². The molecule has 3 rings (SSSR count). The normalized spacial score (nSPS) is 14.6. The van der Waals surface area contributed by atoms with Crippen LogP contribution in [-0.2, 0) is 17.8 Å². The van der Waals surface area contributed by atoms with Crippen LogP contribution in [0.25, 0.3) is 0 Å². The molecule has 1 fully saturated rings. The number of aryl methyl sites for hydroxylation is 1. The molecule has 0 radical (unpaired) electrons. The first-order valence-electron chi connectivity index (χ1n) is 10.9. The highest BCUT2D eigenvalue weighted by Crippen LogP contribution is 2.25. The SMILES string of the molecule is CCOC(=O)N1CCC(NCc2c(C(=O)O)c(C)n(Cc3cccc(C)c3)c2C)CC1. The van der Waals surface area contributed by atoms with Crippen molar-refractivity contribution in [3.63, 3.8) is 0 Å². The van der Waals surface area contributed by atoms with Gasteiger partial charge in [-0.2, -0.15) is 0 Å². The summed E-state index contributed by atoms with van der Waals surface area (Å²) in [5.41, 5.74) is 5.33. The maximum absolute atomic E-state index is 12.0. The van der Waals surface area contributed by atoms with Gasteiger partial charge in [0.15, 0.2) is 0 Å². The van der Waals surface area contributed by atoms with Gasteiger partial charge in [0.25, 0.3) is 0 Å². The van der Waals surface area contributed by atoms with E-state index in [1.165, 1.54) is 5.56 Å². The Morgan fingerprint density at radius 1 is 1.16 bits per heavy atom. The number of amides is 1. The minimum Gasteiger partial charge on any atom is -0.478 e. The molecule has 168 valence electrons. The highest BCUT2D eigenvalue weighted by Gasteiger charge is 2.26. The highest BCUT2D eigenvalue weighted by atomic mass is 16.6. The van der Waals surface area contributed by atoms with Crippen LogP contribution < -0.4 is 5.32 Å². The van der Waals surface area contributed by atoms with Crippen molar-refractivity contribution in [2.45, 2.75) is 59.7 Å². The molecule has 2 N–H and O–H groups in total. The van der Waals surface area contributed by atoms with Crippen LogP contribution in [-0.4, -0.2) is 52.4 Å². The van der Waals surface area contributed by atoms with E-state index in [9.17, 15) is 14.7 Å². The van der Waals surface area contributed by atoms with Crippen LogP contribution in [0.5, 0.6) is 0 Å². The number of hydrogen-bond donors (Lipinski definition) is 2. The van der Waals surface area contributed by atoms with Crippen LogP contribution in [0.4, 0.5) is 4.79 Å². The summed E-state index contributed by atoms with van der Waals surface area (Å²) in [6, 6.07) is 8.54.